The van der Waals surface area contributed by atoms with Crippen LogP contribution < -0.4 is 4.72 Å². The fourth-order valence-electron chi connectivity index (χ4n) is 2.72. The predicted octanol–water partition coefficient (Wildman–Crippen LogP) is 1.58. The number of nitrogens with one attached hydrogen (secondary N) is 1. The lowest BCUT2D eigenvalue weighted by molar-refractivity contribution is 0.0686. The number of carboxylic acid groups (broad SMARTS) is 1. The first-order chi connectivity index (χ1) is 9.29. The molecule has 1 aromatic rings. The van der Waals surface area contributed by atoms with E-state index < -0.39 is 16.0 Å². The summed E-state index contributed by atoms with van der Waals surface area (Å²) in [5.41, 5.74) is -0.0395. The van der Waals surface area contributed by atoms with Gasteiger partial charge in [-0.2, -0.15) is 0 Å². The summed E-state index contributed by atoms with van der Waals surface area (Å²) in [7, 11) is -2.13. The minimum Gasteiger partial charge on any atom is -0.477 e. The van der Waals surface area contributed by atoms with Crippen molar-refractivity contribution in [2.45, 2.75) is 43.5 Å². The first kappa shape index (κ1) is 15.1. The minimum atomic E-state index is -3.65. The quantitative estimate of drug-likeness (QED) is 0.883. The second-order valence-electron chi connectivity index (χ2n) is 5.57. The predicted molar refractivity (Wildman–Crippen MR) is 74.1 cm³/mol. The standard InChI is InChI=1S/C13H20N2O4S/c1-9-4-3-5-10(6-9)14-20(18,19)11-7-12(13(16)17)15(2)8-11/h7-10,14H,3-6H2,1-2H3,(H,16,17). The molecule has 0 spiro atoms. The highest BCUT2D eigenvalue weighted by molar-refractivity contribution is 7.89. The van der Waals surface area contributed by atoms with E-state index in [1.165, 1.54) is 23.9 Å². The van der Waals surface area contributed by atoms with E-state index in [0.717, 1.165) is 25.7 Å². The second kappa shape index (κ2) is 5.57. The van der Waals surface area contributed by atoms with Crippen LogP contribution in [0.25, 0.3) is 0 Å². The molecule has 0 bridgehead atoms. The highest BCUT2D eigenvalue weighted by atomic mass is 32.2. The Hall–Kier alpha value is -1.34. The SMILES string of the molecule is CC1CCCC(NS(=O)(=O)c2cc(C(=O)O)n(C)c2)C1. The number of rotatable bonds is 4. The Morgan fingerprint density at radius 3 is 2.70 bits per heavy atom. The van der Waals surface area contributed by atoms with Crippen molar-refractivity contribution in [3.8, 4) is 0 Å². The number of aromatic nitrogens is 1. The highest BCUT2D eigenvalue weighted by Crippen LogP contribution is 2.25. The lowest BCUT2D eigenvalue weighted by Crippen LogP contribution is -2.37. The van der Waals surface area contributed by atoms with Crippen LogP contribution in [0.15, 0.2) is 17.2 Å². The fraction of sp³-hybridized carbons (Fsp3) is 0.615. The molecular formula is C13H20N2O4S. The van der Waals surface area contributed by atoms with Gasteiger partial charge < -0.3 is 9.67 Å². The Kier molecular flexibility index (Phi) is 4.19. The van der Waals surface area contributed by atoms with E-state index in [0.29, 0.717) is 5.92 Å². The van der Waals surface area contributed by atoms with E-state index in [9.17, 15) is 13.2 Å². The molecular weight excluding hydrogens is 280 g/mol. The first-order valence-corrected chi connectivity index (χ1v) is 8.20. The summed E-state index contributed by atoms with van der Waals surface area (Å²) in [6, 6.07) is 1.13. The molecule has 2 N–H and O–H groups in total. The van der Waals surface area contributed by atoms with Crippen molar-refractivity contribution in [2.75, 3.05) is 0 Å². The maximum Gasteiger partial charge on any atom is 0.352 e. The summed E-state index contributed by atoms with van der Waals surface area (Å²) in [6.45, 7) is 2.12. The van der Waals surface area contributed by atoms with Crippen LogP contribution >= 0.6 is 0 Å². The van der Waals surface area contributed by atoms with Crippen molar-refractivity contribution in [1.29, 1.82) is 0 Å². The van der Waals surface area contributed by atoms with Crippen LogP contribution in [0, 0.1) is 5.92 Å². The van der Waals surface area contributed by atoms with Gasteiger partial charge in [0.05, 0.1) is 0 Å². The van der Waals surface area contributed by atoms with E-state index in [1.807, 2.05) is 0 Å². The molecule has 2 unspecified atom stereocenters. The molecule has 1 heterocycles. The van der Waals surface area contributed by atoms with Gasteiger partial charge in [0.2, 0.25) is 10.0 Å². The van der Waals surface area contributed by atoms with Gasteiger partial charge in [0, 0.05) is 19.3 Å². The van der Waals surface area contributed by atoms with Gasteiger partial charge in [-0.3, -0.25) is 0 Å². The molecule has 112 valence electrons. The van der Waals surface area contributed by atoms with Gasteiger partial charge in [-0.1, -0.05) is 19.8 Å². The van der Waals surface area contributed by atoms with E-state index >= 15 is 0 Å². The van der Waals surface area contributed by atoms with Gasteiger partial charge in [-0.25, -0.2) is 17.9 Å². The number of sulfonamides is 1. The van der Waals surface area contributed by atoms with Crippen molar-refractivity contribution >= 4 is 16.0 Å². The maximum atomic E-state index is 12.3. The van der Waals surface area contributed by atoms with Gasteiger partial charge in [0.25, 0.3) is 0 Å². The zero-order chi connectivity index (χ0) is 14.9. The average molecular weight is 300 g/mol. The Balaban J connectivity index is 2.18. The molecule has 2 rings (SSSR count). The first-order valence-electron chi connectivity index (χ1n) is 6.71. The van der Waals surface area contributed by atoms with Crippen LogP contribution in [0.2, 0.25) is 0 Å². The number of aromatic carboxylic acids is 1. The lowest BCUT2D eigenvalue weighted by atomic mass is 9.88. The molecule has 0 aliphatic heterocycles. The Bertz CT molecular complexity index is 606. The molecule has 1 saturated carbocycles. The van der Waals surface area contributed by atoms with E-state index in [2.05, 4.69) is 11.6 Å². The molecule has 0 saturated heterocycles. The normalized spacial score (nSPS) is 23.7. The molecule has 7 heteroatoms. The summed E-state index contributed by atoms with van der Waals surface area (Å²) < 4.78 is 28.5. The van der Waals surface area contributed by atoms with Crippen molar-refractivity contribution in [3.63, 3.8) is 0 Å². The largest absolute Gasteiger partial charge is 0.477 e. The Morgan fingerprint density at radius 1 is 1.45 bits per heavy atom. The number of carboxylic acids is 1. The molecule has 2 atom stereocenters. The molecule has 0 aromatic carbocycles. The third-order valence-corrected chi connectivity index (χ3v) is 5.25. The number of hydrogen-bond acceptors (Lipinski definition) is 3. The minimum absolute atomic E-state index is 0.00984. The monoisotopic (exact) mass is 300 g/mol. The van der Waals surface area contributed by atoms with Crippen molar-refractivity contribution in [1.82, 2.24) is 9.29 Å². The molecule has 1 aliphatic carbocycles. The number of aryl methyl sites for hydroxylation is 1. The number of nitrogens with zero attached hydrogens (tertiary/aromatic N) is 1. The summed E-state index contributed by atoms with van der Waals surface area (Å²) in [5.74, 6) is -0.623. The van der Waals surface area contributed by atoms with Crippen LogP contribution in [-0.4, -0.2) is 30.1 Å². The zero-order valence-corrected chi connectivity index (χ0v) is 12.5. The third-order valence-electron chi connectivity index (χ3n) is 3.77. The summed E-state index contributed by atoms with van der Waals surface area (Å²) in [6.07, 6.45) is 5.15. The summed E-state index contributed by atoms with van der Waals surface area (Å²) >= 11 is 0. The zero-order valence-electron chi connectivity index (χ0n) is 11.7. The van der Waals surface area contributed by atoms with Crippen LogP contribution in [0.3, 0.4) is 0 Å². The van der Waals surface area contributed by atoms with E-state index in [1.54, 1.807) is 0 Å². The van der Waals surface area contributed by atoms with Crippen LogP contribution in [0.5, 0.6) is 0 Å². The van der Waals surface area contributed by atoms with Gasteiger partial charge in [0.15, 0.2) is 0 Å². The molecule has 20 heavy (non-hydrogen) atoms. The van der Waals surface area contributed by atoms with Crippen LogP contribution in [0.1, 0.15) is 43.1 Å². The molecule has 0 radical (unpaired) electrons. The topological polar surface area (TPSA) is 88.4 Å². The maximum absolute atomic E-state index is 12.3. The van der Waals surface area contributed by atoms with Gasteiger partial charge >= 0.3 is 5.97 Å². The Labute approximate surface area is 118 Å². The second-order valence-corrected chi connectivity index (χ2v) is 7.28. The molecule has 0 amide bonds. The lowest BCUT2D eigenvalue weighted by Gasteiger charge is -2.27. The van der Waals surface area contributed by atoms with Crippen LogP contribution in [-0.2, 0) is 17.1 Å². The summed E-state index contributed by atoms with van der Waals surface area (Å²) in [4.78, 5) is 11.0. The fourth-order valence-corrected chi connectivity index (χ4v) is 4.08. The van der Waals surface area contributed by atoms with Gasteiger partial charge in [0.1, 0.15) is 10.6 Å². The van der Waals surface area contributed by atoms with Gasteiger partial charge in [-0.15, -0.1) is 0 Å². The third kappa shape index (κ3) is 3.21. The van der Waals surface area contributed by atoms with Crippen molar-refractivity contribution in [2.24, 2.45) is 13.0 Å². The summed E-state index contributed by atoms with van der Waals surface area (Å²) in [5, 5.41) is 8.96. The van der Waals surface area contributed by atoms with Gasteiger partial charge in [-0.05, 0) is 24.8 Å². The molecule has 1 fully saturated rings. The van der Waals surface area contributed by atoms with Crippen molar-refractivity contribution in [3.05, 3.63) is 18.0 Å². The molecule has 1 aliphatic rings. The number of hydrogen-bond donors (Lipinski definition) is 2. The smallest absolute Gasteiger partial charge is 0.352 e. The average Bonchev–Trinajstić information content (AvgIpc) is 2.71. The Morgan fingerprint density at radius 2 is 2.15 bits per heavy atom. The van der Waals surface area contributed by atoms with Crippen LogP contribution in [0.4, 0.5) is 0 Å². The molecule has 6 nitrogen and oxygen atoms in total. The number of carbonyl (C=O) groups is 1. The van der Waals surface area contributed by atoms with Crippen molar-refractivity contribution < 1.29 is 18.3 Å². The van der Waals surface area contributed by atoms with E-state index in [-0.39, 0.29) is 16.6 Å². The highest BCUT2D eigenvalue weighted by Gasteiger charge is 2.26. The molecule has 1 aromatic heterocycles. The van der Waals surface area contributed by atoms with E-state index in [4.69, 9.17) is 5.11 Å².